The van der Waals surface area contributed by atoms with Crippen molar-refractivity contribution < 1.29 is 14.6 Å². The van der Waals surface area contributed by atoms with Gasteiger partial charge in [0.15, 0.2) is 0 Å². The second-order valence-corrected chi connectivity index (χ2v) is 3.86. The maximum Gasteiger partial charge on any atom is 0.115 e. The van der Waals surface area contributed by atoms with E-state index in [4.69, 9.17) is 9.47 Å². The van der Waals surface area contributed by atoms with Gasteiger partial charge in [0.05, 0.1) is 19.3 Å². The minimum atomic E-state index is -0.768. The number of aliphatic hydroxyl groups is 1. The van der Waals surface area contributed by atoms with Gasteiger partial charge in [0.1, 0.15) is 11.7 Å². The Labute approximate surface area is 66.3 Å². The molecule has 0 radical (unpaired) electrons. The van der Waals surface area contributed by atoms with E-state index < -0.39 is 5.60 Å². The van der Waals surface area contributed by atoms with Gasteiger partial charge in [0.2, 0.25) is 0 Å². The smallest absolute Gasteiger partial charge is 0.115 e. The van der Waals surface area contributed by atoms with Crippen molar-refractivity contribution in [2.24, 2.45) is 5.92 Å². The molecule has 0 saturated carbocycles. The highest BCUT2D eigenvalue weighted by atomic mass is 16.6. The molecule has 0 aromatic carbocycles. The molecule has 2 rings (SSSR count). The molecule has 2 aliphatic rings. The minimum Gasteiger partial charge on any atom is -0.385 e. The van der Waals surface area contributed by atoms with Crippen LogP contribution in [0.25, 0.3) is 0 Å². The maximum atomic E-state index is 9.73. The van der Waals surface area contributed by atoms with Crippen LogP contribution < -0.4 is 0 Å². The van der Waals surface area contributed by atoms with Crippen LogP contribution >= 0.6 is 0 Å². The molecule has 2 heterocycles. The first-order chi connectivity index (χ1) is 5.11. The van der Waals surface area contributed by atoms with Crippen molar-refractivity contribution in [3.8, 4) is 0 Å². The molecule has 0 spiro atoms. The second kappa shape index (κ2) is 2.19. The van der Waals surface area contributed by atoms with Crippen molar-refractivity contribution in [2.45, 2.75) is 31.7 Å². The lowest BCUT2D eigenvalue weighted by molar-refractivity contribution is -0.0527. The molecule has 2 aliphatic heterocycles. The van der Waals surface area contributed by atoms with Gasteiger partial charge in [-0.15, -0.1) is 0 Å². The van der Waals surface area contributed by atoms with Crippen LogP contribution in [0.15, 0.2) is 0 Å². The molecule has 0 aromatic rings. The molecule has 3 heteroatoms. The molecule has 4 atom stereocenters. The second-order valence-electron chi connectivity index (χ2n) is 3.86. The molecule has 0 aromatic heterocycles. The summed E-state index contributed by atoms with van der Waals surface area (Å²) in [6.45, 7) is 4.99. The normalized spacial score (nSPS) is 56.5. The fourth-order valence-corrected chi connectivity index (χ4v) is 1.88. The van der Waals surface area contributed by atoms with Crippen LogP contribution in [0, 0.1) is 5.92 Å². The molecule has 3 nitrogen and oxygen atoms in total. The van der Waals surface area contributed by atoms with Crippen molar-refractivity contribution in [1.82, 2.24) is 0 Å². The highest BCUT2D eigenvalue weighted by Gasteiger charge is 2.51. The number of rotatable bonds is 0. The van der Waals surface area contributed by atoms with E-state index in [-0.39, 0.29) is 12.2 Å². The average Bonchev–Trinajstić information content (AvgIpc) is 2.39. The molecule has 11 heavy (non-hydrogen) atoms. The van der Waals surface area contributed by atoms with Gasteiger partial charge in [-0.05, 0) is 6.92 Å². The Bertz CT molecular complexity index is 167. The number of ether oxygens (including phenoxy) is 2. The molecular weight excluding hydrogens is 144 g/mol. The van der Waals surface area contributed by atoms with E-state index in [2.05, 4.69) is 6.92 Å². The molecule has 0 bridgehead atoms. The summed E-state index contributed by atoms with van der Waals surface area (Å²) in [6.07, 6.45) is 0.0162. The van der Waals surface area contributed by atoms with E-state index in [1.165, 1.54) is 0 Å². The Morgan fingerprint density at radius 3 is 2.82 bits per heavy atom. The predicted octanol–water partition coefficient (Wildman–Crippen LogP) is 0.171. The third-order valence-electron chi connectivity index (χ3n) is 2.58. The molecule has 0 aliphatic carbocycles. The number of fused-ring (bicyclic) bond motifs is 1. The van der Waals surface area contributed by atoms with Crippen LogP contribution in [0.1, 0.15) is 13.8 Å². The minimum absolute atomic E-state index is 0.0995. The lowest BCUT2D eigenvalue weighted by atomic mass is 9.95. The zero-order valence-corrected chi connectivity index (χ0v) is 6.91. The van der Waals surface area contributed by atoms with Crippen LogP contribution in [-0.2, 0) is 9.47 Å². The number of hydrogen-bond donors (Lipinski definition) is 1. The van der Waals surface area contributed by atoms with Crippen molar-refractivity contribution >= 4 is 0 Å². The van der Waals surface area contributed by atoms with E-state index in [1.807, 2.05) is 0 Å². The summed E-state index contributed by atoms with van der Waals surface area (Å²) in [5, 5.41) is 9.73. The lowest BCUT2D eigenvalue weighted by Gasteiger charge is -2.20. The van der Waals surface area contributed by atoms with Crippen molar-refractivity contribution in [2.75, 3.05) is 13.2 Å². The summed E-state index contributed by atoms with van der Waals surface area (Å²) in [7, 11) is 0. The number of hydrogen-bond acceptors (Lipinski definition) is 3. The van der Waals surface area contributed by atoms with E-state index in [0.717, 1.165) is 0 Å². The maximum absolute atomic E-state index is 9.73. The standard InChI is InChI=1S/C8H14O3/c1-5-3-10-7-6(5)11-4-8(7,2)9/h5-7,9H,3-4H2,1-2H3. The topological polar surface area (TPSA) is 38.7 Å². The largest absolute Gasteiger partial charge is 0.385 e. The van der Waals surface area contributed by atoms with Crippen molar-refractivity contribution in [3.63, 3.8) is 0 Å². The summed E-state index contributed by atoms with van der Waals surface area (Å²) in [6, 6.07) is 0. The van der Waals surface area contributed by atoms with Gasteiger partial charge in [0.25, 0.3) is 0 Å². The predicted molar refractivity (Wildman–Crippen MR) is 39.3 cm³/mol. The quantitative estimate of drug-likeness (QED) is 0.546. The Hall–Kier alpha value is -0.120. The van der Waals surface area contributed by atoms with Gasteiger partial charge in [-0.3, -0.25) is 0 Å². The Morgan fingerprint density at radius 2 is 2.18 bits per heavy atom. The zero-order chi connectivity index (χ0) is 8.06. The molecule has 64 valence electrons. The lowest BCUT2D eigenvalue weighted by Crippen LogP contribution is -2.40. The van der Waals surface area contributed by atoms with Gasteiger partial charge in [-0.2, -0.15) is 0 Å². The van der Waals surface area contributed by atoms with Gasteiger partial charge >= 0.3 is 0 Å². The van der Waals surface area contributed by atoms with Crippen LogP contribution in [-0.4, -0.2) is 36.1 Å². The molecule has 0 amide bonds. The summed E-state index contributed by atoms with van der Waals surface area (Å²) in [4.78, 5) is 0. The van der Waals surface area contributed by atoms with Crippen LogP contribution in [0.3, 0.4) is 0 Å². The Kier molecular flexibility index (Phi) is 1.50. The molecular formula is C8H14O3. The van der Waals surface area contributed by atoms with Crippen molar-refractivity contribution in [1.29, 1.82) is 0 Å². The highest BCUT2D eigenvalue weighted by molar-refractivity contribution is 4.99. The highest BCUT2D eigenvalue weighted by Crippen LogP contribution is 2.36. The summed E-state index contributed by atoms with van der Waals surface area (Å²) < 4.78 is 10.9. The van der Waals surface area contributed by atoms with E-state index >= 15 is 0 Å². The van der Waals surface area contributed by atoms with Crippen LogP contribution in [0.2, 0.25) is 0 Å². The summed E-state index contributed by atoms with van der Waals surface area (Å²) >= 11 is 0. The van der Waals surface area contributed by atoms with Crippen LogP contribution in [0.5, 0.6) is 0 Å². The van der Waals surface area contributed by atoms with E-state index in [1.54, 1.807) is 6.92 Å². The van der Waals surface area contributed by atoms with E-state index in [0.29, 0.717) is 19.1 Å². The fraction of sp³-hybridized carbons (Fsp3) is 1.00. The van der Waals surface area contributed by atoms with Gasteiger partial charge < -0.3 is 14.6 Å². The monoisotopic (exact) mass is 158 g/mol. The first-order valence-corrected chi connectivity index (χ1v) is 4.07. The van der Waals surface area contributed by atoms with Crippen LogP contribution in [0.4, 0.5) is 0 Å². The van der Waals surface area contributed by atoms with E-state index in [9.17, 15) is 5.11 Å². The first kappa shape index (κ1) is 7.53. The Balaban J connectivity index is 2.17. The van der Waals surface area contributed by atoms with Gasteiger partial charge in [-0.1, -0.05) is 6.92 Å². The summed E-state index contributed by atoms with van der Waals surface area (Å²) in [5.41, 5.74) is -0.768. The molecule has 4 unspecified atom stereocenters. The summed E-state index contributed by atoms with van der Waals surface area (Å²) in [5.74, 6) is 0.425. The fourth-order valence-electron chi connectivity index (χ4n) is 1.88. The average molecular weight is 158 g/mol. The third-order valence-corrected chi connectivity index (χ3v) is 2.58. The van der Waals surface area contributed by atoms with Gasteiger partial charge in [-0.25, -0.2) is 0 Å². The Morgan fingerprint density at radius 1 is 1.45 bits per heavy atom. The van der Waals surface area contributed by atoms with Gasteiger partial charge in [0, 0.05) is 5.92 Å². The zero-order valence-electron chi connectivity index (χ0n) is 6.91. The van der Waals surface area contributed by atoms with Crippen molar-refractivity contribution in [3.05, 3.63) is 0 Å². The third kappa shape index (κ3) is 0.991. The molecule has 1 N–H and O–H groups in total. The SMILES string of the molecule is CC1COC2C1OCC2(C)O. The first-order valence-electron chi connectivity index (χ1n) is 4.07. The molecule has 2 fully saturated rings. The molecule has 2 saturated heterocycles.